The first-order valence-electron chi connectivity index (χ1n) is 6.99. The van der Waals surface area contributed by atoms with Crippen molar-refractivity contribution in [3.63, 3.8) is 0 Å². The van der Waals surface area contributed by atoms with Crippen molar-refractivity contribution in [2.24, 2.45) is 0 Å². The van der Waals surface area contributed by atoms with Crippen LogP contribution in [0.25, 0.3) is 0 Å². The maximum atomic E-state index is 11.8. The molecule has 2 aromatic heterocycles. The third-order valence-corrected chi connectivity index (χ3v) is 3.87. The zero-order chi connectivity index (χ0) is 15.8. The Kier molecular flexibility index (Phi) is 6.21. The summed E-state index contributed by atoms with van der Waals surface area (Å²) in [6.45, 7) is 1.81. The number of amides is 1. The molecule has 1 unspecified atom stereocenters. The third kappa shape index (κ3) is 5.37. The third-order valence-electron chi connectivity index (χ3n) is 2.90. The van der Waals surface area contributed by atoms with Gasteiger partial charge >= 0.3 is 0 Å². The van der Waals surface area contributed by atoms with E-state index in [-0.39, 0.29) is 24.2 Å². The second kappa shape index (κ2) is 8.38. The van der Waals surface area contributed by atoms with Gasteiger partial charge in [0.05, 0.1) is 17.7 Å². The Morgan fingerprint density at radius 3 is 2.86 bits per heavy atom. The van der Waals surface area contributed by atoms with E-state index >= 15 is 0 Å². The highest BCUT2D eigenvalue weighted by Crippen LogP contribution is 2.10. The number of ketones is 1. The topological polar surface area (TPSA) is 72.2 Å². The minimum Gasteiger partial charge on any atom is -0.461 e. The monoisotopic (exact) mass is 318 g/mol. The molecule has 22 heavy (non-hydrogen) atoms. The number of thioether (sulfide) groups is 1. The number of pyridine rings is 1. The van der Waals surface area contributed by atoms with E-state index in [1.807, 2.05) is 25.1 Å². The highest BCUT2D eigenvalue weighted by atomic mass is 32.2. The first kappa shape index (κ1) is 16.3. The predicted molar refractivity (Wildman–Crippen MR) is 85.7 cm³/mol. The number of nitrogens with zero attached hydrogens (tertiary/aromatic N) is 1. The standard InChI is InChI=1S/C16H18N2O3S/c1-12(9-14(19)15-6-4-8-21-15)18-16(20)11-22-10-13-5-2-3-7-17-13/h2-8,12H,9-11H2,1H3,(H,18,20). The largest absolute Gasteiger partial charge is 0.461 e. The van der Waals surface area contributed by atoms with Gasteiger partial charge in [0, 0.05) is 24.4 Å². The molecule has 5 nitrogen and oxygen atoms in total. The van der Waals surface area contributed by atoms with Crippen molar-refractivity contribution in [2.45, 2.75) is 25.1 Å². The van der Waals surface area contributed by atoms with Gasteiger partial charge in [0.2, 0.25) is 5.91 Å². The number of rotatable bonds is 8. The molecule has 2 rings (SSSR count). The van der Waals surface area contributed by atoms with Crippen LogP contribution in [0.15, 0.2) is 47.2 Å². The Morgan fingerprint density at radius 1 is 1.32 bits per heavy atom. The summed E-state index contributed by atoms with van der Waals surface area (Å²) in [4.78, 5) is 27.9. The van der Waals surface area contributed by atoms with E-state index in [0.717, 1.165) is 5.69 Å². The van der Waals surface area contributed by atoms with Gasteiger partial charge in [-0.3, -0.25) is 14.6 Å². The van der Waals surface area contributed by atoms with E-state index in [4.69, 9.17) is 4.42 Å². The van der Waals surface area contributed by atoms with Gasteiger partial charge in [0.1, 0.15) is 0 Å². The molecule has 0 spiro atoms. The Balaban J connectivity index is 1.67. The maximum absolute atomic E-state index is 11.8. The van der Waals surface area contributed by atoms with Gasteiger partial charge in [0.15, 0.2) is 11.5 Å². The van der Waals surface area contributed by atoms with Crippen LogP contribution in [0, 0.1) is 0 Å². The van der Waals surface area contributed by atoms with Gasteiger partial charge in [-0.1, -0.05) is 6.07 Å². The molecule has 0 saturated carbocycles. The fourth-order valence-corrected chi connectivity index (χ4v) is 2.67. The van der Waals surface area contributed by atoms with Crippen LogP contribution in [-0.4, -0.2) is 28.5 Å². The Morgan fingerprint density at radius 2 is 2.18 bits per heavy atom. The number of carbonyl (C=O) groups excluding carboxylic acids is 2. The van der Waals surface area contributed by atoms with Crippen LogP contribution in [0.5, 0.6) is 0 Å². The summed E-state index contributed by atoms with van der Waals surface area (Å²) in [6, 6.07) is 8.78. The van der Waals surface area contributed by atoms with Gasteiger partial charge in [0.25, 0.3) is 0 Å². The predicted octanol–water partition coefficient (Wildman–Crippen LogP) is 2.69. The molecule has 2 aromatic rings. The molecule has 1 atom stereocenters. The fraction of sp³-hybridized carbons (Fsp3) is 0.312. The summed E-state index contributed by atoms with van der Waals surface area (Å²) in [6.07, 6.45) is 3.42. The number of Topliss-reactive ketones (excluding diaryl/α,β-unsaturated/α-hetero) is 1. The average molecular weight is 318 g/mol. The van der Waals surface area contributed by atoms with Crippen molar-refractivity contribution < 1.29 is 14.0 Å². The van der Waals surface area contributed by atoms with Crippen LogP contribution in [0.1, 0.15) is 29.6 Å². The molecule has 0 saturated heterocycles. The van der Waals surface area contributed by atoms with Crippen molar-refractivity contribution in [3.8, 4) is 0 Å². The Labute approximate surface area is 133 Å². The van der Waals surface area contributed by atoms with Crippen LogP contribution < -0.4 is 5.32 Å². The van der Waals surface area contributed by atoms with E-state index in [0.29, 0.717) is 17.3 Å². The summed E-state index contributed by atoms with van der Waals surface area (Å²) in [5.74, 6) is 1.16. The minimum atomic E-state index is -0.222. The number of furan rings is 1. The van der Waals surface area contributed by atoms with E-state index in [1.54, 1.807) is 18.3 Å². The van der Waals surface area contributed by atoms with Crippen LogP contribution >= 0.6 is 11.8 Å². The smallest absolute Gasteiger partial charge is 0.230 e. The van der Waals surface area contributed by atoms with E-state index in [2.05, 4.69) is 10.3 Å². The highest BCUT2D eigenvalue weighted by molar-refractivity contribution is 7.99. The molecular formula is C16H18N2O3S. The Bertz CT molecular complexity index is 599. The normalized spacial score (nSPS) is 11.9. The lowest BCUT2D eigenvalue weighted by Crippen LogP contribution is -2.35. The van der Waals surface area contributed by atoms with Crippen molar-refractivity contribution >= 4 is 23.5 Å². The Hall–Kier alpha value is -2.08. The van der Waals surface area contributed by atoms with Crippen LogP contribution in [0.2, 0.25) is 0 Å². The van der Waals surface area contributed by atoms with Gasteiger partial charge < -0.3 is 9.73 Å². The van der Waals surface area contributed by atoms with Gasteiger partial charge in [-0.2, -0.15) is 0 Å². The lowest BCUT2D eigenvalue weighted by Gasteiger charge is -2.12. The van der Waals surface area contributed by atoms with Crippen LogP contribution in [-0.2, 0) is 10.5 Å². The zero-order valence-electron chi connectivity index (χ0n) is 12.3. The molecule has 0 fully saturated rings. The molecule has 0 aliphatic carbocycles. The quantitative estimate of drug-likeness (QED) is 0.758. The van der Waals surface area contributed by atoms with Gasteiger partial charge in [-0.05, 0) is 31.2 Å². The van der Waals surface area contributed by atoms with Crippen molar-refractivity contribution in [1.29, 1.82) is 0 Å². The number of nitrogens with one attached hydrogen (secondary N) is 1. The second-order valence-corrected chi connectivity index (χ2v) is 5.87. The lowest BCUT2D eigenvalue weighted by molar-refractivity contribution is -0.119. The molecule has 2 heterocycles. The summed E-state index contributed by atoms with van der Waals surface area (Å²) in [5.41, 5.74) is 0.946. The van der Waals surface area contributed by atoms with E-state index < -0.39 is 0 Å². The fourth-order valence-electron chi connectivity index (χ4n) is 1.92. The van der Waals surface area contributed by atoms with Gasteiger partial charge in [-0.25, -0.2) is 0 Å². The molecule has 6 heteroatoms. The van der Waals surface area contributed by atoms with Crippen molar-refractivity contribution in [1.82, 2.24) is 10.3 Å². The zero-order valence-corrected chi connectivity index (χ0v) is 13.1. The highest BCUT2D eigenvalue weighted by Gasteiger charge is 2.15. The van der Waals surface area contributed by atoms with Crippen molar-refractivity contribution in [2.75, 3.05) is 5.75 Å². The summed E-state index contributed by atoms with van der Waals surface area (Å²) in [7, 11) is 0. The van der Waals surface area contributed by atoms with E-state index in [1.165, 1.54) is 18.0 Å². The first-order valence-corrected chi connectivity index (χ1v) is 8.14. The summed E-state index contributed by atoms with van der Waals surface area (Å²) >= 11 is 1.50. The summed E-state index contributed by atoms with van der Waals surface area (Å²) in [5, 5.41) is 2.82. The van der Waals surface area contributed by atoms with Crippen molar-refractivity contribution in [3.05, 3.63) is 54.2 Å². The molecule has 116 valence electrons. The molecule has 1 N–H and O–H groups in total. The lowest BCUT2D eigenvalue weighted by atomic mass is 10.1. The molecule has 0 bridgehead atoms. The second-order valence-electron chi connectivity index (χ2n) is 4.89. The summed E-state index contributed by atoms with van der Waals surface area (Å²) < 4.78 is 5.04. The molecule has 0 aliphatic rings. The molecular weight excluding hydrogens is 300 g/mol. The average Bonchev–Trinajstić information content (AvgIpc) is 3.02. The van der Waals surface area contributed by atoms with Crippen LogP contribution in [0.4, 0.5) is 0 Å². The number of aromatic nitrogens is 1. The maximum Gasteiger partial charge on any atom is 0.230 e. The number of hydrogen-bond acceptors (Lipinski definition) is 5. The molecule has 1 amide bonds. The minimum absolute atomic E-state index is 0.0827. The molecule has 0 aromatic carbocycles. The number of carbonyl (C=O) groups is 2. The molecule has 0 aliphatic heterocycles. The number of hydrogen-bond donors (Lipinski definition) is 1. The molecule has 0 radical (unpaired) electrons. The van der Waals surface area contributed by atoms with E-state index in [9.17, 15) is 9.59 Å². The van der Waals surface area contributed by atoms with Crippen LogP contribution in [0.3, 0.4) is 0 Å². The first-order chi connectivity index (χ1) is 10.6. The SMILES string of the molecule is CC(CC(=O)c1ccco1)NC(=O)CSCc1ccccn1. The van der Waals surface area contributed by atoms with Gasteiger partial charge in [-0.15, -0.1) is 11.8 Å².